The first-order valence-corrected chi connectivity index (χ1v) is 8.96. The standard InChI is InChI=1S/C22H22N2O4/c1-16-6-5-9-19(21(16)25)22(26)24-15-17-10-11-20(23-14-17)28-13-12-27-18-7-3-2-4-8-18/h2-11,14,25H,12-13,15H2,1H3,(H,24,26). The highest BCUT2D eigenvalue weighted by Gasteiger charge is 2.12. The molecule has 0 unspecified atom stereocenters. The number of aryl methyl sites for hydroxylation is 1. The number of ether oxygens (including phenoxy) is 2. The van der Waals surface area contributed by atoms with Crippen molar-refractivity contribution in [1.29, 1.82) is 0 Å². The number of hydrogen-bond acceptors (Lipinski definition) is 5. The van der Waals surface area contributed by atoms with Crippen LogP contribution in [0.3, 0.4) is 0 Å². The number of benzene rings is 2. The van der Waals surface area contributed by atoms with E-state index in [-0.39, 0.29) is 17.2 Å². The maximum absolute atomic E-state index is 12.2. The van der Waals surface area contributed by atoms with Crippen molar-refractivity contribution in [2.75, 3.05) is 13.2 Å². The lowest BCUT2D eigenvalue weighted by Gasteiger charge is -2.09. The number of phenols is 1. The molecule has 6 nitrogen and oxygen atoms in total. The monoisotopic (exact) mass is 378 g/mol. The molecule has 0 spiro atoms. The van der Waals surface area contributed by atoms with Crippen LogP contribution in [-0.4, -0.2) is 29.2 Å². The van der Waals surface area contributed by atoms with Gasteiger partial charge in [0.2, 0.25) is 5.88 Å². The molecule has 0 aliphatic heterocycles. The van der Waals surface area contributed by atoms with E-state index in [1.165, 1.54) is 0 Å². The fourth-order valence-electron chi connectivity index (χ4n) is 2.54. The topological polar surface area (TPSA) is 80.7 Å². The van der Waals surface area contributed by atoms with Crippen molar-refractivity contribution < 1.29 is 19.4 Å². The van der Waals surface area contributed by atoms with Gasteiger partial charge in [0.1, 0.15) is 24.7 Å². The summed E-state index contributed by atoms with van der Waals surface area (Å²) in [6.07, 6.45) is 1.64. The van der Waals surface area contributed by atoms with Crippen molar-refractivity contribution in [2.45, 2.75) is 13.5 Å². The molecule has 0 atom stereocenters. The van der Waals surface area contributed by atoms with Gasteiger partial charge in [0.05, 0.1) is 5.56 Å². The second kappa shape index (κ2) is 9.41. The molecular formula is C22H22N2O4. The number of hydrogen-bond donors (Lipinski definition) is 2. The predicted octanol–water partition coefficient (Wildman–Crippen LogP) is 3.48. The summed E-state index contributed by atoms with van der Waals surface area (Å²) in [7, 11) is 0. The van der Waals surface area contributed by atoms with E-state index < -0.39 is 0 Å². The minimum Gasteiger partial charge on any atom is -0.507 e. The largest absolute Gasteiger partial charge is 0.507 e. The van der Waals surface area contributed by atoms with Crippen LogP contribution >= 0.6 is 0 Å². The minimum absolute atomic E-state index is 0.000375. The van der Waals surface area contributed by atoms with Crippen LogP contribution in [0, 0.1) is 6.92 Å². The van der Waals surface area contributed by atoms with E-state index in [1.807, 2.05) is 36.4 Å². The summed E-state index contributed by atoms with van der Waals surface area (Å²) in [6, 6.07) is 18.2. The number of phenolic OH excluding ortho intramolecular Hbond substituents is 1. The fraction of sp³-hybridized carbons (Fsp3) is 0.182. The van der Waals surface area contributed by atoms with Gasteiger partial charge in [-0.1, -0.05) is 36.4 Å². The number of aromatic nitrogens is 1. The molecule has 0 saturated carbocycles. The van der Waals surface area contributed by atoms with Crippen LogP contribution in [-0.2, 0) is 6.54 Å². The van der Waals surface area contributed by atoms with Gasteiger partial charge in [0.15, 0.2) is 0 Å². The van der Waals surface area contributed by atoms with E-state index in [1.54, 1.807) is 37.4 Å². The molecular weight excluding hydrogens is 356 g/mol. The summed E-state index contributed by atoms with van der Waals surface area (Å²) in [5, 5.41) is 12.8. The second-order valence-electron chi connectivity index (χ2n) is 6.17. The van der Waals surface area contributed by atoms with Crippen molar-refractivity contribution >= 4 is 5.91 Å². The number of pyridine rings is 1. The first-order chi connectivity index (χ1) is 13.6. The van der Waals surface area contributed by atoms with Crippen LogP contribution in [0.25, 0.3) is 0 Å². The average molecular weight is 378 g/mol. The molecule has 0 bridgehead atoms. The maximum Gasteiger partial charge on any atom is 0.255 e. The number of carbonyl (C=O) groups is 1. The number of carbonyl (C=O) groups excluding carboxylic acids is 1. The molecule has 1 aromatic heterocycles. The molecule has 6 heteroatoms. The highest BCUT2D eigenvalue weighted by atomic mass is 16.5. The van der Waals surface area contributed by atoms with Crippen LogP contribution in [0.1, 0.15) is 21.5 Å². The Morgan fingerprint density at radius 1 is 1.00 bits per heavy atom. The molecule has 0 radical (unpaired) electrons. The lowest BCUT2D eigenvalue weighted by atomic mass is 10.1. The van der Waals surface area contributed by atoms with Gasteiger partial charge < -0.3 is 19.9 Å². The van der Waals surface area contributed by atoms with Crippen LogP contribution in [0.5, 0.6) is 17.4 Å². The van der Waals surface area contributed by atoms with Gasteiger partial charge in [-0.2, -0.15) is 0 Å². The molecule has 0 saturated heterocycles. The zero-order chi connectivity index (χ0) is 19.8. The molecule has 0 fully saturated rings. The summed E-state index contributed by atoms with van der Waals surface area (Å²) in [4.78, 5) is 16.4. The van der Waals surface area contributed by atoms with Crippen molar-refractivity contribution in [3.05, 3.63) is 83.6 Å². The molecule has 2 N–H and O–H groups in total. The van der Waals surface area contributed by atoms with Crippen molar-refractivity contribution in [3.63, 3.8) is 0 Å². The van der Waals surface area contributed by atoms with Crippen molar-refractivity contribution in [3.8, 4) is 17.4 Å². The third-order valence-electron chi connectivity index (χ3n) is 4.08. The summed E-state index contributed by atoms with van der Waals surface area (Å²) >= 11 is 0. The smallest absolute Gasteiger partial charge is 0.255 e. The summed E-state index contributed by atoms with van der Waals surface area (Å²) in [5.41, 5.74) is 1.74. The number of aromatic hydroxyl groups is 1. The van der Waals surface area contributed by atoms with E-state index in [9.17, 15) is 9.90 Å². The van der Waals surface area contributed by atoms with Crippen LogP contribution in [0.15, 0.2) is 66.9 Å². The molecule has 28 heavy (non-hydrogen) atoms. The summed E-state index contributed by atoms with van der Waals surface area (Å²) in [5.74, 6) is 0.951. The van der Waals surface area contributed by atoms with Gasteiger partial charge in [0.25, 0.3) is 5.91 Å². The minimum atomic E-state index is -0.334. The highest BCUT2D eigenvalue weighted by molar-refractivity contribution is 5.97. The van der Waals surface area contributed by atoms with Gasteiger partial charge in [-0.15, -0.1) is 0 Å². The summed E-state index contributed by atoms with van der Waals surface area (Å²) < 4.78 is 11.1. The fourth-order valence-corrected chi connectivity index (χ4v) is 2.54. The molecule has 1 heterocycles. The van der Waals surface area contributed by atoms with Gasteiger partial charge in [0, 0.05) is 18.8 Å². The number of rotatable bonds is 8. The van der Waals surface area contributed by atoms with Gasteiger partial charge in [-0.25, -0.2) is 4.98 Å². The molecule has 0 aliphatic rings. The first-order valence-electron chi connectivity index (χ1n) is 8.96. The van der Waals surface area contributed by atoms with E-state index >= 15 is 0 Å². The third kappa shape index (κ3) is 5.23. The second-order valence-corrected chi connectivity index (χ2v) is 6.17. The van der Waals surface area contributed by atoms with E-state index in [0.29, 0.717) is 31.2 Å². The normalized spacial score (nSPS) is 10.3. The van der Waals surface area contributed by atoms with E-state index in [2.05, 4.69) is 10.3 Å². The predicted molar refractivity (Wildman–Crippen MR) is 106 cm³/mol. The lowest BCUT2D eigenvalue weighted by molar-refractivity contribution is 0.0948. The quantitative estimate of drug-likeness (QED) is 0.587. The average Bonchev–Trinajstić information content (AvgIpc) is 2.73. The zero-order valence-corrected chi connectivity index (χ0v) is 15.6. The maximum atomic E-state index is 12.2. The summed E-state index contributed by atoms with van der Waals surface area (Å²) in [6.45, 7) is 2.85. The Balaban J connectivity index is 1.44. The SMILES string of the molecule is Cc1cccc(C(=O)NCc2ccc(OCCOc3ccccc3)nc2)c1O. The molecule has 0 aliphatic carbocycles. The van der Waals surface area contributed by atoms with Gasteiger partial charge >= 0.3 is 0 Å². The molecule has 3 rings (SSSR count). The first kappa shape index (κ1) is 19.2. The Bertz CT molecular complexity index is 912. The van der Waals surface area contributed by atoms with Crippen LogP contribution < -0.4 is 14.8 Å². The third-order valence-corrected chi connectivity index (χ3v) is 4.08. The lowest BCUT2D eigenvalue weighted by Crippen LogP contribution is -2.23. The number of nitrogens with one attached hydrogen (secondary N) is 1. The molecule has 144 valence electrons. The highest BCUT2D eigenvalue weighted by Crippen LogP contribution is 2.21. The van der Waals surface area contributed by atoms with Crippen molar-refractivity contribution in [2.24, 2.45) is 0 Å². The van der Waals surface area contributed by atoms with Crippen LogP contribution in [0.2, 0.25) is 0 Å². The van der Waals surface area contributed by atoms with Crippen molar-refractivity contribution in [1.82, 2.24) is 10.3 Å². The molecule has 3 aromatic rings. The van der Waals surface area contributed by atoms with Crippen LogP contribution in [0.4, 0.5) is 0 Å². The number of nitrogens with zero attached hydrogens (tertiary/aromatic N) is 1. The molecule has 2 aromatic carbocycles. The Labute approximate surface area is 163 Å². The van der Waals surface area contributed by atoms with Gasteiger partial charge in [-0.05, 0) is 36.2 Å². The van der Waals surface area contributed by atoms with Gasteiger partial charge in [-0.3, -0.25) is 4.79 Å². The van der Waals surface area contributed by atoms with E-state index in [4.69, 9.17) is 9.47 Å². The number of para-hydroxylation sites is 2. The van der Waals surface area contributed by atoms with E-state index in [0.717, 1.165) is 11.3 Å². The Morgan fingerprint density at radius 3 is 2.54 bits per heavy atom. The number of amides is 1. The Morgan fingerprint density at radius 2 is 1.79 bits per heavy atom. The zero-order valence-electron chi connectivity index (χ0n) is 15.6. The Hall–Kier alpha value is -3.54. The Kier molecular flexibility index (Phi) is 6.46. The molecule has 1 amide bonds.